The molecule has 0 aromatic heterocycles. The summed E-state index contributed by atoms with van der Waals surface area (Å²) in [6, 6.07) is 0.168. The Hall–Kier alpha value is -1.06. The largest absolute Gasteiger partial charge is 0.481 e. The molecule has 2 aliphatic carbocycles. The minimum atomic E-state index is -0.818. The summed E-state index contributed by atoms with van der Waals surface area (Å²) in [7, 11) is 0. The Kier molecular flexibility index (Phi) is 5.65. The standard InChI is InChI=1S/C17H29NO3/c1-11-9-14(15(10-11)17(20)21)16(19)18-12(2)13-7-5-3-4-6-8-13/h11-15H,3-10H2,1-2H3,(H,18,19)(H,20,21)/t11?,12-,14+,15-/m1/s1. The maximum atomic E-state index is 12.5. The van der Waals surface area contributed by atoms with E-state index in [4.69, 9.17) is 0 Å². The first-order valence-electron chi connectivity index (χ1n) is 8.52. The molecule has 0 radical (unpaired) electrons. The average molecular weight is 295 g/mol. The summed E-state index contributed by atoms with van der Waals surface area (Å²) >= 11 is 0. The molecular weight excluding hydrogens is 266 g/mol. The van der Waals surface area contributed by atoms with E-state index in [0.29, 0.717) is 24.7 Å². The Bertz CT molecular complexity index is 374. The summed E-state index contributed by atoms with van der Waals surface area (Å²) in [5.41, 5.74) is 0. The lowest BCUT2D eigenvalue weighted by molar-refractivity contribution is -0.146. The van der Waals surface area contributed by atoms with Crippen LogP contribution in [0.5, 0.6) is 0 Å². The fourth-order valence-electron chi connectivity index (χ4n) is 4.11. The van der Waals surface area contributed by atoms with Gasteiger partial charge in [0.25, 0.3) is 0 Å². The molecule has 2 aliphatic rings. The van der Waals surface area contributed by atoms with E-state index in [-0.39, 0.29) is 17.9 Å². The van der Waals surface area contributed by atoms with Crippen LogP contribution in [0.3, 0.4) is 0 Å². The van der Waals surface area contributed by atoms with Crippen LogP contribution < -0.4 is 5.32 Å². The molecule has 0 saturated heterocycles. The molecular formula is C17H29NO3. The van der Waals surface area contributed by atoms with Crippen LogP contribution in [0.2, 0.25) is 0 Å². The molecule has 4 nitrogen and oxygen atoms in total. The zero-order chi connectivity index (χ0) is 15.4. The van der Waals surface area contributed by atoms with Gasteiger partial charge in [-0.1, -0.05) is 32.6 Å². The first kappa shape index (κ1) is 16.3. The highest BCUT2D eigenvalue weighted by Gasteiger charge is 2.41. The van der Waals surface area contributed by atoms with Crippen LogP contribution in [0.4, 0.5) is 0 Å². The van der Waals surface area contributed by atoms with E-state index >= 15 is 0 Å². The van der Waals surface area contributed by atoms with Crippen molar-refractivity contribution in [1.82, 2.24) is 5.32 Å². The van der Waals surface area contributed by atoms with Gasteiger partial charge in [-0.15, -0.1) is 0 Å². The number of carboxylic acid groups (broad SMARTS) is 1. The van der Waals surface area contributed by atoms with Crippen molar-refractivity contribution in [2.75, 3.05) is 0 Å². The third-order valence-electron chi connectivity index (χ3n) is 5.43. The molecule has 2 saturated carbocycles. The normalized spacial score (nSPS) is 32.4. The third-order valence-corrected chi connectivity index (χ3v) is 5.43. The molecule has 0 aromatic carbocycles. The number of hydrogen-bond donors (Lipinski definition) is 2. The second-order valence-electron chi connectivity index (χ2n) is 7.18. The summed E-state index contributed by atoms with van der Waals surface area (Å²) in [4.78, 5) is 23.8. The van der Waals surface area contributed by atoms with Gasteiger partial charge in [0, 0.05) is 6.04 Å². The number of rotatable bonds is 4. The van der Waals surface area contributed by atoms with Crippen molar-refractivity contribution in [1.29, 1.82) is 0 Å². The number of carbonyl (C=O) groups is 2. The molecule has 0 heterocycles. The van der Waals surface area contributed by atoms with Gasteiger partial charge in [0.15, 0.2) is 0 Å². The molecule has 2 rings (SSSR count). The maximum absolute atomic E-state index is 12.5. The van der Waals surface area contributed by atoms with Crippen LogP contribution in [0.25, 0.3) is 0 Å². The summed E-state index contributed by atoms with van der Waals surface area (Å²) in [5, 5.41) is 12.4. The fourth-order valence-corrected chi connectivity index (χ4v) is 4.11. The summed E-state index contributed by atoms with van der Waals surface area (Å²) < 4.78 is 0. The van der Waals surface area contributed by atoms with E-state index in [0.717, 1.165) is 0 Å². The molecule has 0 aromatic rings. The molecule has 0 spiro atoms. The van der Waals surface area contributed by atoms with E-state index in [2.05, 4.69) is 12.2 Å². The molecule has 2 N–H and O–H groups in total. The number of aliphatic carboxylic acids is 1. The topological polar surface area (TPSA) is 66.4 Å². The van der Waals surface area contributed by atoms with Crippen molar-refractivity contribution >= 4 is 11.9 Å². The highest BCUT2D eigenvalue weighted by molar-refractivity contribution is 5.85. The van der Waals surface area contributed by atoms with Crippen LogP contribution in [0, 0.1) is 23.7 Å². The predicted molar refractivity (Wildman–Crippen MR) is 81.8 cm³/mol. The minimum absolute atomic E-state index is 0.0384. The van der Waals surface area contributed by atoms with E-state index in [1.165, 1.54) is 38.5 Å². The minimum Gasteiger partial charge on any atom is -0.481 e. The summed E-state index contributed by atoms with van der Waals surface area (Å²) in [6.45, 7) is 4.12. The van der Waals surface area contributed by atoms with Crippen LogP contribution in [0.1, 0.15) is 65.2 Å². The number of nitrogens with one attached hydrogen (secondary N) is 1. The molecule has 21 heavy (non-hydrogen) atoms. The van der Waals surface area contributed by atoms with Crippen LogP contribution >= 0.6 is 0 Å². The molecule has 4 atom stereocenters. The highest BCUT2D eigenvalue weighted by atomic mass is 16.4. The lowest BCUT2D eigenvalue weighted by Gasteiger charge is -2.26. The molecule has 1 amide bonds. The van der Waals surface area contributed by atoms with Crippen molar-refractivity contribution in [3.63, 3.8) is 0 Å². The van der Waals surface area contributed by atoms with Crippen LogP contribution in [-0.4, -0.2) is 23.0 Å². The van der Waals surface area contributed by atoms with Crippen molar-refractivity contribution < 1.29 is 14.7 Å². The monoisotopic (exact) mass is 295 g/mol. The smallest absolute Gasteiger partial charge is 0.307 e. The van der Waals surface area contributed by atoms with E-state index in [9.17, 15) is 14.7 Å². The summed E-state index contributed by atoms with van der Waals surface area (Å²) in [5.74, 6) is -0.814. The Morgan fingerprint density at radius 1 is 1.05 bits per heavy atom. The van der Waals surface area contributed by atoms with Crippen molar-refractivity contribution in [2.45, 2.75) is 71.3 Å². The van der Waals surface area contributed by atoms with Gasteiger partial charge in [-0.25, -0.2) is 0 Å². The Balaban J connectivity index is 1.91. The number of carboxylic acids is 1. The Labute approximate surface area is 127 Å². The quantitative estimate of drug-likeness (QED) is 0.783. The number of amides is 1. The van der Waals surface area contributed by atoms with Crippen molar-refractivity contribution in [2.24, 2.45) is 23.7 Å². The van der Waals surface area contributed by atoms with Crippen molar-refractivity contribution in [3.05, 3.63) is 0 Å². The molecule has 0 aliphatic heterocycles. The maximum Gasteiger partial charge on any atom is 0.307 e. The highest BCUT2D eigenvalue weighted by Crippen LogP contribution is 2.37. The van der Waals surface area contributed by atoms with E-state index in [1.807, 2.05) is 6.92 Å². The first-order chi connectivity index (χ1) is 9.99. The molecule has 4 heteroatoms. The summed E-state index contributed by atoms with van der Waals surface area (Å²) in [6.07, 6.45) is 8.82. The number of hydrogen-bond acceptors (Lipinski definition) is 2. The van der Waals surface area contributed by atoms with Gasteiger partial charge in [-0.05, 0) is 44.4 Å². The van der Waals surface area contributed by atoms with Crippen LogP contribution in [0.15, 0.2) is 0 Å². The average Bonchev–Trinajstić information content (AvgIpc) is 2.65. The van der Waals surface area contributed by atoms with Crippen LogP contribution in [-0.2, 0) is 9.59 Å². The zero-order valence-corrected chi connectivity index (χ0v) is 13.3. The van der Waals surface area contributed by atoms with E-state index in [1.54, 1.807) is 0 Å². The van der Waals surface area contributed by atoms with Gasteiger partial charge < -0.3 is 10.4 Å². The lowest BCUT2D eigenvalue weighted by Crippen LogP contribution is -2.43. The van der Waals surface area contributed by atoms with Gasteiger partial charge in [0.05, 0.1) is 11.8 Å². The Morgan fingerprint density at radius 2 is 1.62 bits per heavy atom. The Morgan fingerprint density at radius 3 is 2.19 bits per heavy atom. The van der Waals surface area contributed by atoms with Gasteiger partial charge in [-0.3, -0.25) is 9.59 Å². The van der Waals surface area contributed by atoms with Gasteiger partial charge in [0.2, 0.25) is 5.91 Å². The van der Waals surface area contributed by atoms with E-state index < -0.39 is 11.9 Å². The fraction of sp³-hybridized carbons (Fsp3) is 0.882. The molecule has 0 bridgehead atoms. The van der Waals surface area contributed by atoms with Crippen molar-refractivity contribution in [3.8, 4) is 0 Å². The first-order valence-corrected chi connectivity index (χ1v) is 8.52. The van der Waals surface area contributed by atoms with Gasteiger partial charge >= 0.3 is 5.97 Å². The lowest BCUT2D eigenvalue weighted by atomic mass is 9.91. The number of carbonyl (C=O) groups excluding carboxylic acids is 1. The second-order valence-corrected chi connectivity index (χ2v) is 7.18. The predicted octanol–water partition coefficient (Wildman–Crippen LogP) is 3.21. The zero-order valence-electron chi connectivity index (χ0n) is 13.3. The SMILES string of the molecule is CC1C[C@H](C(=O)N[C@H](C)C2CCCCCC2)[C@H](C(=O)O)C1. The van der Waals surface area contributed by atoms with Gasteiger partial charge in [0.1, 0.15) is 0 Å². The van der Waals surface area contributed by atoms with Gasteiger partial charge in [-0.2, -0.15) is 0 Å². The molecule has 120 valence electrons. The molecule has 2 fully saturated rings. The second kappa shape index (κ2) is 7.28. The third kappa shape index (κ3) is 4.21. The molecule has 1 unspecified atom stereocenters.